The fourth-order valence-corrected chi connectivity index (χ4v) is 4.18. The largest absolute Gasteiger partial charge is 0.334 e. The van der Waals surface area contributed by atoms with E-state index in [2.05, 4.69) is 11.9 Å². The van der Waals surface area contributed by atoms with E-state index in [1.54, 1.807) is 6.20 Å². The molecule has 1 aliphatic heterocycles. The van der Waals surface area contributed by atoms with Crippen LogP contribution >= 0.6 is 0 Å². The Hall–Kier alpha value is -0.920. The predicted octanol–water partition coefficient (Wildman–Crippen LogP) is 1.45. The van der Waals surface area contributed by atoms with Crippen LogP contribution in [0.5, 0.6) is 0 Å². The fraction of sp³-hybridized carbons (Fsp3) is 0.769. The van der Waals surface area contributed by atoms with Crippen LogP contribution in [0.15, 0.2) is 11.2 Å². The summed E-state index contributed by atoms with van der Waals surface area (Å²) in [4.78, 5) is 4.22. The maximum absolute atomic E-state index is 12.7. The zero-order valence-corrected chi connectivity index (χ0v) is 13.1. The quantitative estimate of drug-likeness (QED) is 0.912. The Morgan fingerprint density at radius 2 is 2.15 bits per heavy atom. The van der Waals surface area contributed by atoms with E-state index in [0.29, 0.717) is 13.0 Å². The lowest BCUT2D eigenvalue weighted by Crippen LogP contribution is -2.45. The molecule has 1 aliphatic rings. The minimum absolute atomic E-state index is 0.126. The van der Waals surface area contributed by atoms with E-state index in [4.69, 9.17) is 5.73 Å². The molecule has 20 heavy (non-hydrogen) atoms. The molecule has 0 spiro atoms. The summed E-state index contributed by atoms with van der Waals surface area (Å²) in [5.41, 5.74) is 6.02. The van der Waals surface area contributed by atoms with Crippen LogP contribution < -0.4 is 5.73 Å². The highest BCUT2D eigenvalue weighted by Crippen LogP contribution is 2.22. The van der Waals surface area contributed by atoms with Gasteiger partial charge in [0.25, 0.3) is 10.0 Å². The molecule has 0 aromatic carbocycles. The highest BCUT2D eigenvalue weighted by atomic mass is 32.2. The molecule has 114 valence electrons. The first-order valence-electron chi connectivity index (χ1n) is 7.28. The van der Waals surface area contributed by atoms with Crippen molar-refractivity contribution in [1.29, 1.82) is 0 Å². The zero-order chi connectivity index (χ0) is 14.8. The Bertz CT molecular complexity index is 553. The van der Waals surface area contributed by atoms with Gasteiger partial charge in [-0.3, -0.25) is 0 Å². The molecule has 1 aromatic rings. The van der Waals surface area contributed by atoms with E-state index in [1.807, 2.05) is 11.5 Å². The van der Waals surface area contributed by atoms with Gasteiger partial charge in [0.2, 0.25) is 0 Å². The van der Waals surface area contributed by atoms with Gasteiger partial charge in [0.05, 0.1) is 6.17 Å². The van der Waals surface area contributed by atoms with E-state index in [0.717, 1.165) is 38.1 Å². The fourth-order valence-electron chi connectivity index (χ4n) is 2.60. The van der Waals surface area contributed by atoms with E-state index < -0.39 is 16.2 Å². The SMILES string of the molecule is CCCn1cc(S(=O)(=O)N2CCCCCC2N)nc1C. The molecule has 0 aliphatic carbocycles. The number of nitrogens with two attached hydrogens (primary N) is 1. The van der Waals surface area contributed by atoms with Crippen LogP contribution in [0.1, 0.15) is 44.9 Å². The summed E-state index contributed by atoms with van der Waals surface area (Å²) in [7, 11) is -3.58. The van der Waals surface area contributed by atoms with Gasteiger partial charge < -0.3 is 10.3 Å². The molecule has 1 atom stereocenters. The Morgan fingerprint density at radius 3 is 2.85 bits per heavy atom. The van der Waals surface area contributed by atoms with Crippen molar-refractivity contribution in [3.05, 3.63) is 12.0 Å². The summed E-state index contributed by atoms with van der Waals surface area (Å²) in [6.45, 7) is 5.15. The zero-order valence-electron chi connectivity index (χ0n) is 12.2. The number of hydrogen-bond acceptors (Lipinski definition) is 4. The first-order chi connectivity index (χ1) is 9.46. The average molecular weight is 300 g/mol. The van der Waals surface area contributed by atoms with Gasteiger partial charge >= 0.3 is 0 Å². The summed E-state index contributed by atoms with van der Waals surface area (Å²) >= 11 is 0. The first-order valence-corrected chi connectivity index (χ1v) is 8.72. The maximum atomic E-state index is 12.7. The maximum Gasteiger partial charge on any atom is 0.263 e. The third-order valence-corrected chi connectivity index (χ3v) is 5.54. The molecule has 0 bridgehead atoms. The molecule has 2 heterocycles. The van der Waals surface area contributed by atoms with Crippen molar-refractivity contribution in [2.75, 3.05) is 6.54 Å². The second kappa shape index (κ2) is 6.24. The minimum atomic E-state index is -3.58. The number of hydrogen-bond donors (Lipinski definition) is 1. The van der Waals surface area contributed by atoms with Gasteiger partial charge in [-0.05, 0) is 26.2 Å². The normalized spacial score (nSPS) is 21.9. The summed E-state index contributed by atoms with van der Waals surface area (Å²) in [5.74, 6) is 0.730. The lowest BCUT2D eigenvalue weighted by molar-refractivity contribution is 0.328. The van der Waals surface area contributed by atoms with Crippen molar-refractivity contribution in [1.82, 2.24) is 13.9 Å². The number of aromatic nitrogens is 2. The van der Waals surface area contributed by atoms with Crippen LogP contribution in [0.25, 0.3) is 0 Å². The van der Waals surface area contributed by atoms with Gasteiger partial charge in [0.1, 0.15) is 5.82 Å². The predicted molar refractivity (Wildman–Crippen MR) is 77.6 cm³/mol. The lowest BCUT2D eigenvalue weighted by atomic mass is 10.2. The third-order valence-electron chi connectivity index (χ3n) is 3.74. The topological polar surface area (TPSA) is 81.2 Å². The summed E-state index contributed by atoms with van der Waals surface area (Å²) in [6.07, 6.45) is 5.74. The number of aryl methyl sites for hydroxylation is 2. The first kappa shape index (κ1) is 15.5. The molecule has 1 aromatic heterocycles. The summed E-state index contributed by atoms with van der Waals surface area (Å²) < 4.78 is 28.7. The molecular weight excluding hydrogens is 276 g/mol. The molecule has 0 saturated carbocycles. The smallest absolute Gasteiger partial charge is 0.263 e. The molecule has 1 fully saturated rings. The summed E-state index contributed by atoms with van der Waals surface area (Å²) in [6, 6.07) is 0. The van der Waals surface area contributed by atoms with E-state index in [9.17, 15) is 8.42 Å². The number of rotatable bonds is 4. The van der Waals surface area contributed by atoms with Gasteiger partial charge in [0, 0.05) is 19.3 Å². The van der Waals surface area contributed by atoms with E-state index in [-0.39, 0.29) is 5.03 Å². The van der Waals surface area contributed by atoms with Crippen LogP contribution in [-0.2, 0) is 16.6 Å². The van der Waals surface area contributed by atoms with Crippen molar-refractivity contribution in [2.24, 2.45) is 5.73 Å². The molecule has 7 heteroatoms. The summed E-state index contributed by atoms with van der Waals surface area (Å²) in [5, 5.41) is 0.126. The van der Waals surface area contributed by atoms with Crippen LogP contribution in [0.3, 0.4) is 0 Å². The number of nitrogens with zero attached hydrogens (tertiary/aromatic N) is 3. The number of imidazole rings is 1. The molecule has 1 unspecified atom stereocenters. The lowest BCUT2D eigenvalue weighted by Gasteiger charge is -2.24. The molecule has 0 radical (unpaired) electrons. The second-order valence-electron chi connectivity index (χ2n) is 5.35. The highest BCUT2D eigenvalue weighted by Gasteiger charge is 2.32. The van der Waals surface area contributed by atoms with Crippen LogP contribution in [0.4, 0.5) is 0 Å². The van der Waals surface area contributed by atoms with Crippen molar-refractivity contribution >= 4 is 10.0 Å². The molecule has 2 rings (SSSR count). The Balaban J connectivity index is 2.31. The van der Waals surface area contributed by atoms with Crippen molar-refractivity contribution in [3.8, 4) is 0 Å². The average Bonchev–Trinajstić information content (AvgIpc) is 2.62. The Morgan fingerprint density at radius 1 is 1.40 bits per heavy atom. The van der Waals surface area contributed by atoms with Gasteiger partial charge in [0.15, 0.2) is 5.03 Å². The van der Waals surface area contributed by atoms with E-state index >= 15 is 0 Å². The Labute approximate surface area is 121 Å². The van der Waals surface area contributed by atoms with Crippen molar-refractivity contribution in [3.63, 3.8) is 0 Å². The molecule has 2 N–H and O–H groups in total. The molecular formula is C13H24N4O2S. The van der Waals surface area contributed by atoms with Crippen molar-refractivity contribution in [2.45, 2.75) is 63.7 Å². The monoisotopic (exact) mass is 300 g/mol. The van der Waals surface area contributed by atoms with Gasteiger partial charge in [-0.15, -0.1) is 0 Å². The second-order valence-corrected chi connectivity index (χ2v) is 7.19. The van der Waals surface area contributed by atoms with Crippen LogP contribution in [-0.4, -0.2) is 35.0 Å². The van der Waals surface area contributed by atoms with Crippen LogP contribution in [0.2, 0.25) is 0 Å². The highest BCUT2D eigenvalue weighted by molar-refractivity contribution is 7.89. The van der Waals surface area contributed by atoms with E-state index in [1.165, 1.54) is 4.31 Å². The third kappa shape index (κ3) is 3.05. The van der Waals surface area contributed by atoms with Gasteiger partial charge in [-0.1, -0.05) is 19.8 Å². The standard InChI is InChI=1S/C13H24N4O2S/c1-3-8-16-10-13(15-11(16)2)20(18,19)17-9-6-4-5-7-12(17)14/h10,12H,3-9,14H2,1-2H3. The number of sulfonamides is 1. The van der Waals surface area contributed by atoms with Crippen molar-refractivity contribution < 1.29 is 8.42 Å². The van der Waals surface area contributed by atoms with Gasteiger partial charge in [-0.2, -0.15) is 4.31 Å². The van der Waals surface area contributed by atoms with Crippen LogP contribution in [0, 0.1) is 6.92 Å². The molecule has 6 nitrogen and oxygen atoms in total. The molecule has 1 saturated heterocycles. The minimum Gasteiger partial charge on any atom is -0.334 e. The molecule has 0 amide bonds. The van der Waals surface area contributed by atoms with Gasteiger partial charge in [-0.25, -0.2) is 13.4 Å². The Kier molecular flexibility index (Phi) is 4.82.